The van der Waals surface area contributed by atoms with Crippen LogP contribution in [0.5, 0.6) is 0 Å². The summed E-state index contributed by atoms with van der Waals surface area (Å²) in [6.45, 7) is 0.250. The third-order valence-corrected chi connectivity index (χ3v) is 4.20. The largest absolute Gasteiger partial charge is 0.468 e. The molecule has 1 fully saturated rings. The predicted octanol–water partition coefficient (Wildman–Crippen LogP) is -0.756. The van der Waals surface area contributed by atoms with Crippen LogP contribution in [0.25, 0.3) is 0 Å². The summed E-state index contributed by atoms with van der Waals surface area (Å²) in [5.74, 6) is -0.519. The third-order valence-electron chi connectivity index (χ3n) is 2.28. The predicted molar refractivity (Wildman–Crippen MR) is 54.0 cm³/mol. The Morgan fingerprint density at radius 3 is 2.60 bits per heavy atom. The van der Waals surface area contributed by atoms with Crippen molar-refractivity contribution >= 4 is 16.2 Å². The van der Waals surface area contributed by atoms with Crippen molar-refractivity contribution in [3.05, 3.63) is 6.42 Å². The van der Waals surface area contributed by atoms with Crippen LogP contribution in [-0.4, -0.2) is 56.8 Å². The van der Waals surface area contributed by atoms with Crippen LogP contribution >= 0.6 is 0 Å². The van der Waals surface area contributed by atoms with Gasteiger partial charge in [-0.2, -0.15) is 17.0 Å². The number of nitrogens with zero attached hydrogens (tertiary/aromatic N) is 2. The Hall–Kier alpha value is -0.660. The number of ether oxygens (including phenoxy) is 1. The van der Waals surface area contributed by atoms with E-state index >= 15 is 0 Å². The monoisotopic (exact) mass is 235 g/mol. The van der Waals surface area contributed by atoms with Gasteiger partial charge in [-0.05, 0) is 12.8 Å². The minimum atomic E-state index is -3.55. The van der Waals surface area contributed by atoms with Crippen molar-refractivity contribution in [2.75, 3.05) is 27.7 Å². The van der Waals surface area contributed by atoms with Crippen LogP contribution in [0.1, 0.15) is 6.42 Å². The van der Waals surface area contributed by atoms with Gasteiger partial charge in [-0.1, -0.05) is 0 Å². The highest BCUT2D eigenvalue weighted by Crippen LogP contribution is 2.22. The van der Waals surface area contributed by atoms with E-state index in [1.54, 1.807) is 6.42 Å². The van der Waals surface area contributed by atoms with E-state index < -0.39 is 22.2 Å². The van der Waals surface area contributed by atoms with Crippen LogP contribution in [0, 0.1) is 6.42 Å². The van der Waals surface area contributed by atoms with E-state index in [9.17, 15) is 13.2 Å². The van der Waals surface area contributed by atoms with E-state index in [2.05, 4.69) is 4.74 Å². The lowest BCUT2D eigenvalue weighted by Gasteiger charge is -2.25. The van der Waals surface area contributed by atoms with Crippen LogP contribution in [0.2, 0.25) is 0 Å². The third kappa shape index (κ3) is 2.30. The lowest BCUT2D eigenvalue weighted by Crippen LogP contribution is -2.46. The van der Waals surface area contributed by atoms with Gasteiger partial charge in [0.05, 0.1) is 7.11 Å². The highest BCUT2D eigenvalue weighted by Gasteiger charge is 2.40. The molecule has 15 heavy (non-hydrogen) atoms. The van der Waals surface area contributed by atoms with E-state index in [-0.39, 0.29) is 6.54 Å². The fourth-order valence-electron chi connectivity index (χ4n) is 1.42. The summed E-state index contributed by atoms with van der Waals surface area (Å²) < 4.78 is 30.4. The minimum Gasteiger partial charge on any atom is -0.468 e. The Morgan fingerprint density at radius 1 is 1.53 bits per heavy atom. The first kappa shape index (κ1) is 12.4. The Morgan fingerprint density at radius 2 is 2.13 bits per heavy atom. The molecule has 0 N–H and O–H groups in total. The minimum absolute atomic E-state index is 0.250. The average molecular weight is 235 g/mol. The molecule has 0 aromatic carbocycles. The number of rotatable bonds is 3. The van der Waals surface area contributed by atoms with Gasteiger partial charge in [-0.3, -0.25) is 4.79 Å². The first-order chi connectivity index (χ1) is 6.91. The zero-order valence-corrected chi connectivity index (χ0v) is 9.82. The summed E-state index contributed by atoms with van der Waals surface area (Å²) in [5.41, 5.74) is 0. The highest BCUT2D eigenvalue weighted by molar-refractivity contribution is 7.86. The van der Waals surface area contributed by atoms with Crippen LogP contribution in [0.15, 0.2) is 0 Å². The lowest BCUT2D eigenvalue weighted by molar-refractivity contribution is -0.144. The molecule has 6 nitrogen and oxygen atoms in total. The molecule has 1 aliphatic heterocycles. The smallest absolute Gasteiger partial charge is 0.324 e. The van der Waals surface area contributed by atoms with E-state index in [1.165, 1.54) is 21.2 Å². The molecule has 1 saturated heterocycles. The fraction of sp³-hybridized carbons (Fsp3) is 0.750. The number of carbonyl (C=O) groups excluding carboxylic acids is 1. The van der Waals surface area contributed by atoms with Crippen molar-refractivity contribution in [3.8, 4) is 0 Å². The summed E-state index contributed by atoms with van der Waals surface area (Å²) >= 11 is 0. The van der Waals surface area contributed by atoms with Crippen molar-refractivity contribution < 1.29 is 17.9 Å². The Balaban J connectivity index is 2.91. The van der Waals surface area contributed by atoms with E-state index in [1.807, 2.05) is 0 Å². The summed E-state index contributed by atoms with van der Waals surface area (Å²) in [4.78, 5) is 11.3. The van der Waals surface area contributed by atoms with Gasteiger partial charge in [0.1, 0.15) is 6.04 Å². The quantitative estimate of drug-likeness (QED) is 0.603. The van der Waals surface area contributed by atoms with Crippen molar-refractivity contribution in [3.63, 3.8) is 0 Å². The first-order valence-electron chi connectivity index (χ1n) is 4.50. The molecule has 1 rings (SSSR count). The van der Waals surface area contributed by atoms with E-state index in [0.29, 0.717) is 6.42 Å². The maximum Gasteiger partial charge on any atom is 0.324 e. The molecular formula is C8H15N2O4S. The lowest BCUT2D eigenvalue weighted by atomic mass is 10.2. The standard InChI is InChI=1S/C8H15N2O4S/c1-9(2)15(12,13)10-6-4-5-7(10)8(11)14-3/h4,7H,5-6H2,1-3H3. The summed E-state index contributed by atoms with van der Waals surface area (Å²) in [6, 6.07) is -0.720. The van der Waals surface area contributed by atoms with Gasteiger partial charge >= 0.3 is 5.97 Å². The van der Waals surface area contributed by atoms with Gasteiger partial charge in [-0.15, -0.1) is 0 Å². The summed E-state index contributed by atoms with van der Waals surface area (Å²) in [6.07, 6.45) is 2.16. The summed E-state index contributed by atoms with van der Waals surface area (Å²) in [5, 5.41) is 0. The maximum absolute atomic E-state index is 11.8. The average Bonchev–Trinajstić information content (AvgIpc) is 2.65. The molecular weight excluding hydrogens is 220 g/mol. The van der Waals surface area contributed by atoms with Crippen LogP contribution in [-0.2, 0) is 19.7 Å². The number of hydrogen-bond acceptors (Lipinski definition) is 4. The highest BCUT2D eigenvalue weighted by atomic mass is 32.2. The number of esters is 1. The number of hydrogen-bond donors (Lipinski definition) is 0. The number of carbonyl (C=O) groups is 1. The second-order valence-electron chi connectivity index (χ2n) is 3.42. The molecule has 87 valence electrons. The molecule has 0 bridgehead atoms. The first-order valence-corrected chi connectivity index (χ1v) is 5.89. The molecule has 0 aromatic rings. The van der Waals surface area contributed by atoms with Gasteiger partial charge in [0, 0.05) is 20.6 Å². The molecule has 0 aromatic heterocycles. The van der Waals surface area contributed by atoms with Gasteiger partial charge in [0.2, 0.25) is 0 Å². The summed E-state index contributed by atoms with van der Waals surface area (Å²) in [7, 11) is 0.570. The normalized spacial score (nSPS) is 23.3. The Labute approximate surface area is 90.0 Å². The van der Waals surface area contributed by atoms with Gasteiger partial charge in [0.25, 0.3) is 10.2 Å². The fourth-order valence-corrected chi connectivity index (χ4v) is 2.63. The second-order valence-corrected chi connectivity index (χ2v) is 5.52. The van der Waals surface area contributed by atoms with Crippen molar-refractivity contribution in [2.24, 2.45) is 0 Å². The van der Waals surface area contributed by atoms with E-state index in [0.717, 1.165) is 8.61 Å². The second kappa shape index (κ2) is 4.46. The van der Waals surface area contributed by atoms with Gasteiger partial charge < -0.3 is 4.74 Å². The van der Waals surface area contributed by atoms with Crippen LogP contribution < -0.4 is 0 Å². The topological polar surface area (TPSA) is 66.9 Å². The zero-order valence-electron chi connectivity index (χ0n) is 9.00. The van der Waals surface area contributed by atoms with Crippen molar-refractivity contribution in [2.45, 2.75) is 12.5 Å². The molecule has 0 amide bonds. The van der Waals surface area contributed by atoms with E-state index in [4.69, 9.17) is 0 Å². The van der Waals surface area contributed by atoms with Crippen molar-refractivity contribution in [1.29, 1.82) is 0 Å². The molecule has 1 heterocycles. The SMILES string of the molecule is COC(=O)C1C[CH]CN1S(=O)(=O)N(C)C. The zero-order chi connectivity index (χ0) is 11.6. The van der Waals surface area contributed by atoms with Crippen LogP contribution in [0.4, 0.5) is 0 Å². The molecule has 0 saturated carbocycles. The van der Waals surface area contributed by atoms with Crippen molar-refractivity contribution in [1.82, 2.24) is 8.61 Å². The molecule has 0 aliphatic carbocycles. The number of methoxy groups -OCH3 is 1. The molecule has 1 atom stereocenters. The van der Waals surface area contributed by atoms with Crippen LogP contribution in [0.3, 0.4) is 0 Å². The maximum atomic E-state index is 11.8. The Bertz CT molecular complexity index is 339. The van der Waals surface area contributed by atoms with Gasteiger partial charge in [0.15, 0.2) is 0 Å². The Kier molecular flexibility index (Phi) is 3.69. The molecule has 1 aliphatic rings. The molecule has 7 heteroatoms. The molecule has 1 radical (unpaired) electrons. The van der Waals surface area contributed by atoms with Gasteiger partial charge in [-0.25, -0.2) is 0 Å². The molecule has 0 spiro atoms. The molecule has 1 unspecified atom stereocenters.